The molecule has 7 nitrogen and oxygen atoms in total. The highest BCUT2D eigenvalue weighted by Gasteiger charge is 2.16. The third-order valence-corrected chi connectivity index (χ3v) is 2.10. The molecule has 0 saturated heterocycles. The lowest BCUT2D eigenvalue weighted by molar-refractivity contribution is -0.387. The number of aliphatic carboxylic acids is 1. The number of carboxylic acids is 1. The molecule has 0 bridgehead atoms. The van der Waals surface area contributed by atoms with E-state index in [1.165, 1.54) is 0 Å². The largest absolute Gasteiger partial charge is 0.481 e. The van der Waals surface area contributed by atoms with Crippen molar-refractivity contribution in [2.75, 3.05) is 5.75 Å². The zero-order valence-electron chi connectivity index (χ0n) is 6.26. The lowest BCUT2D eigenvalue weighted by atomic mass is 10.6. The van der Waals surface area contributed by atoms with E-state index in [0.717, 1.165) is 18.0 Å². The van der Waals surface area contributed by atoms with E-state index >= 15 is 0 Å². The van der Waals surface area contributed by atoms with Crippen LogP contribution < -0.4 is 0 Å². The molecule has 0 aliphatic rings. The SMILES string of the molecule is O=C(O)CSc1[nH]ncc1[N+](=O)[O-]. The highest BCUT2D eigenvalue weighted by atomic mass is 32.2. The normalized spacial score (nSPS) is 9.85. The smallest absolute Gasteiger partial charge is 0.320 e. The van der Waals surface area contributed by atoms with Gasteiger partial charge in [-0.15, -0.1) is 0 Å². The van der Waals surface area contributed by atoms with Crippen LogP contribution in [0.1, 0.15) is 0 Å². The first-order chi connectivity index (χ1) is 6.11. The van der Waals surface area contributed by atoms with Gasteiger partial charge in [0.25, 0.3) is 0 Å². The Morgan fingerprint density at radius 1 is 1.85 bits per heavy atom. The maximum Gasteiger partial charge on any atom is 0.320 e. The van der Waals surface area contributed by atoms with Crippen LogP contribution >= 0.6 is 11.8 Å². The average molecular weight is 203 g/mol. The van der Waals surface area contributed by atoms with Gasteiger partial charge < -0.3 is 5.11 Å². The number of nitrogens with zero attached hydrogens (tertiary/aromatic N) is 2. The van der Waals surface area contributed by atoms with Gasteiger partial charge in [0.1, 0.15) is 6.20 Å². The fourth-order valence-corrected chi connectivity index (χ4v) is 1.30. The van der Waals surface area contributed by atoms with Crippen molar-refractivity contribution in [3.63, 3.8) is 0 Å². The summed E-state index contributed by atoms with van der Waals surface area (Å²) in [6.07, 6.45) is 1.05. The van der Waals surface area contributed by atoms with Gasteiger partial charge in [-0.3, -0.25) is 20.0 Å². The van der Waals surface area contributed by atoms with Gasteiger partial charge in [0.2, 0.25) is 0 Å². The summed E-state index contributed by atoms with van der Waals surface area (Å²) in [4.78, 5) is 19.8. The van der Waals surface area contributed by atoms with Crippen LogP contribution in [0.15, 0.2) is 11.2 Å². The molecule has 1 aromatic heterocycles. The number of hydrogen-bond acceptors (Lipinski definition) is 5. The molecule has 0 aliphatic heterocycles. The number of carbonyl (C=O) groups is 1. The lowest BCUT2D eigenvalue weighted by Crippen LogP contribution is -1.98. The van der Waals surface area contributed by atoms with Crippen LogP contribution in [0.4, 0.5) is 5.69 Å². The Morgan fingerprint density at radius 2 is 2.54 bits per heavy atom. The number of aromatic nitrogens is 2. The summed E-state index contributed by atoms with van der Waals surface area (Å²) in [5.41, 5.74) is -0.203. The molecule has 1 rings (SSSR count). The van der Waals surface area contributed by atoms with Crippen molar-refractivity contribution in [3.8, 4) is 0 Å². The molecule has 0 fully saturated rings. The number of aromatic amines is 1. The monoisotopic (exact) mass is 203 g/mol. The molecule has 0 radical (unpaired) electrons. The molecule has 13 heavy (non-hydrogen) atoms. The van der Waals surface area contributed by atoms with Crippen molar-refractivity contribution in [1.29, 1.82) is 0 Å². The standard InChI is InChI=1S/C5H5N3O4S/c9-4(10)2-13-5-3(8(11)12)1-6-7-5/h1H,2H2,(H,6,7)(H,9,10). The molecule has 0 aromatic carbocycles. The van der Waals surface area contributed by atoms with Gasteiger partial charge in [-0.05, 0) is 0 Å². The van der Waals surface area contributed by atoms with Crippen molar-refractivity contribution in [1.82, 2.24) is 10.2 Å². The quantitative estimate of drug-likeness (QED) is 0.418. The molecule has 70 valence electrons. The first-order valence-corrected chi connectivity index (χ1v) is 4.12. The number of carboxylic acid groups (broad SMARTS) is 1. The minimum atomic E-state index is -1.03. The third kappa shape index (κ3) is 2.44. The van der Waals surface area contributed by atoms with E-state index in [0.29, 0.717) is 0 Å². The summed E-state index contributed by atoms with van der Waals surface area (Å²) in [5.74, 6) is -1.27. The number of hydrogen-bond donors (Lipinski definition) is 2. The average Bonchev–Trinajstić information content (AvgIpc) is 2.47. The summed E-state index contributed by atoms with van der Waals surface area (Å²) < 4.78 is 0. The zero-order valence-corrected chi connectivity index (χ0v) is 7.08. The van der Waals surface area contributed by atoms with E-state index in [2.05, 4.69) is 10.2 Å². The van der Waals surface area contributed by atoms with E-state index < -0.39 is 10.9 Å². The Hall–Kier alpha value is -1.57. The molecule has 0 spiro atoms. The lowest BCUT2D eigenvalue weighted by Gasteiger charge is -1.92. The number of thioether (sulfide) groups is 1. The predicted molar refractivity (Wildman–Crippen MR) is 43.6 cm³/mol. The summed E-state index contributed by atoms with van der Waals surface area (Å²) in [5, 5.41) is 24.6. The number of H-pyrrole nitrogens is 1. The third-order valence-electron chi connectivity index (χ3n) is 1.12. The number of rotatable bonds is 4. The first-order valence-electron chi connectivity index (χ1n) is 3.13. The van der Waals surface area contributed by atoms with Gasteiger partial charge >= 0.3 is 11.7 Å². The van der Waals surface area contributed by atoms with Gasteiger partial charge in [-0.2, -0.15) is 5.10 Å². The van der Waals surface area contributed by atoms with Gasteiger partial charge in [0, 0.05) is 0 Å². The summed E-state index contributed by atoms with van der Waals surface area (Å²) in [6, 6.07) is 0. The molecule has 8 heteroatoms. The number of nitrogens with one attached hydrogen (secondary N) is 1. The Balaban J connectivity index is 2.71. The topological polar surface area (TPSA) is 109 Å². The van der Waals surface area contributed by atoms with Crippen molar-refractivity contribution >= 4 is 23.4 Å². The van der Waals surface area contributed by atoms with E-state index in [1.54, 1.807) is 0 Å². The summed E-state index contributed by atoms with van der Waals surface area (Å²) in [7, 11) is 0. The van der Waals surface area contributed by atoms with E-state index in [1.807, 2.05) is 0 Å². The molecule has 0 atom stereocenters. The van der Waals surface area contributed by atoms with E-state index in [4.69, 9.17) is 5.11 Å². The molecule has 1 aromatic rings. The van der Waals surface area contributed by atoms with E-state index in [-0.39, 0.29) is 16.5 Å². The van der Waals surface area contributed by atoms with Crippen LogP contribution in [0.5, 0.6) is 0 Å². The molecule has 2 N–H and O–H groups in total. The zero-order chi connectivity index (χ0) is 9.84. The van der Waals surface area contributed by atoms with Crippen LogP contribution in [-0.4, -0.2) is 31.9 Å². The first kappa shape index (κ1) is 9.52. The second-order valence-corrected chi connectivity index (χ2v) is 3.01. The molecule has 0 saturated carbocycles. The van der Waals surface area contributed by atoms with Crippen LogP contribution in [0, 0.1) is 10.1 Å². The Bertz CT molecular complexity index is 336. The molecular weight excluding hydrogens is 198 g/mol. The van der Waals surface area contributed by atoms with Crippen molar-refractivity contribution in [3.05, 3.63) is 16.3 Å². The Morgan fingerprint density at radius 3 is 3.08 bits per heavy atom. The molecule has 1 heterocycles. The maximum absolute atomic E-state index is 10.3. The highest BCUT2D eigenvalue weighted by molar-refractivity contribution is 8.00. The van der Waals surface area contributed by atoms with Crippen LogP contribution in [0.3, 0.4) is 0 Å². The van der Waals surface area contributed by atoms with Crippen molar-refractivity contribution in [2.45, 2.75) is 5.03 Å². The van der Waals surface area contributed by atoms with Crippen LogP contribution in [0.2, 0.25) is 0 Å². The summed E-state index contributed by atoms with van der Waals surface area (Å²) in [6.45, 7) is 0. The van der Waals surface area contributed by atoms with Gasteiger partial charge in [0.15, 0.2) is 5.03 Å². The second-order valence-electron chi connectivity index (χ2n) is 2.02. The Kier molecular flexibility index (Phi) is 2.85. The van der Waals surface area contributed by atoms with Crippen molar-refractivity contribution < 1.29 is 14.8 Å². The Labute approximate surface area is 76.3 Å². The van der Waals surface area contributed by atoms with Crippen molar-refractivity contribution in [2.24, 2.45) is 0 Å². The highest BCUT2D eigenvalue weighted by Crippen LogP contribution is 2.25. The fourth-order valence-electron chi connectivity index (χ4n) is 0.638. The second kappa shape index (κ2) is 3.90. The molecule has 0 unspecified atom stereocenters. The molecule has 0 aliphatic carbocycles. The minimum Gasteiger partial charge on any atom is -0.481 e. The maximum atomic E-state index is 10.3. The predicted octanol–water partition coefficient (Wildman–Crippen LogP) is 0.495. The van der Waals surface area contributed by atoms with E-state index in [9.17, 15) is 14.9 Å². The minimum absolute atomic E-state index is 0.160. The van der Waals surface area contributed by atoms with Crippen LogP contribution in [0.25, 0.3) is 0 Å². The molecule has 0 amide bonds. The van der Waals surface area contributed by atoms with Gasteiger partial charge in [0.05, 0.1) is 10.7 Å². The van der Waals surface area contributed by atoms with Crippen LogP contribution in [-0.2, 0) is 4.79 Å². The molecular formula is C5H5N3O4S. The van der Waals surface area contributed by atoms with Gasteiger partial charge in [-0.1, -0.05) is 11.8 Å². The van der Waals surface area contributed by atoms with Gasteiger partial charge in [-0.25, -0.2) is 0 Å². The summed E-state index contributed by atoms with van der Waals surface area (Å²) >= 11 is 0.831. The number of nitro groups is 1. The fraction of sp³-hybridized carbons (Fsp3) is 0.200.